The number of hydrogen-bond donors (Lipinski definition) is 1. The number of hydrogen-bond acceptors (Lipinski definition) is 1. The molecule has 82 valence electrons. The molecule has 2 aromatic heterocycles. The molecule has 1 aliphatic carbocycles. The van der Waals surface area contributed by atoms with Gasteiger partial charge in [-0.05, 0) is 37.5 Å². The number of pyridine rings is 1. The molecule has 1 fully saturated rings. The summed E-state index contributed by atoms with van der Waals surface area (Å²) in [5.74, 6) is 0.0494. The molecular weight excluding hydrogens is 200 g/mol. The van der Waals surface area contributed by atoms with Crippen LogP contribution < -0.4 is 5.32 Å². The zero-order valence-corrected chi connectivity index (χ0v) is 9.02. The lowest BCUT2D eigenvalue weighted by molar-refractivity contribution is 0.0917. The van der Waals surface area contributed by atoms with E-state index in [-0.39, 0.29) is 5.91 Å². The highest BCUT2D eigenvalue weighted by Crippen LogP contribution is 2.19. The van der Waals surface area contributed by atoms with Crippen LogP contribution in [0.4, 0.5) is 0 Å². The molecule has 2 aromatic rings. The second-order valence-corrected chi connectivity index (χ2v) is 4.36. The fraction of sp³-hybridized carbons (Fsp3) is 0.308. The van der Waals surface area contributed by atoms with E-state index in [9.17, 15) is 4.79 Å². The minimum atomic E-state index is 0.0494. The summed E-state index contributed by atoms with van der Waals surface area (Å²) in [6.45, 7) is 0. The van der Waals surface area contributed by atoms with Crippen LogP contribution in [0.15, 0.2) is 36.7 Å². The van der Waals surface area contributed by atoms with E-state index in [4.69, 9.17) is 0 Å². The van der Waals surface area contributed by atoms with E-state index >= 15 is 0 Å². The number of aromatic nitrogens is 1. The van der Waals surface area contributed by atoms with Crippen LogP contribution in [0.1, 0.15) is 29.6 Å². The number of nitrogens with one attached hydrogen (secondary N) is 1. The van der Waals surface area contributed by atoms with Gasteiger partial charge in [-0.25, -0.2) is 0 Å². The average molecular weight is 214 g/mol. The molecule has 3 heteroatoms. The van der Waals surface area contributed by atoms with Gasteiger partial charge in [0.05, 0.1) is 5.56 Å². The molecule has 0 aliphatic heterocycles. The first-order chi connectivity index (χ1) is 7.83. The van der Waals surface area contributed by atoms with Crippen molar-refractivity contribution < 1.29 is 4.79 Å². The van der Waals surface area contributed by atoms with E-state index in [2.05, 4.69) is 5.32 Å². The maximum absolute atomic E-state index is 11.9. The van der Waals surface area contributed by atoms with E-state index in [0.717, 1.165) is 23.9 Å². The molecule has 1 amide bonds. The highest BCUT2D eigenvalue weighted by Gasteiger charge is 2.20. The maximum Gasteiger partial charge on any atom is 0.253 e. The van der Waals surface area contributed by atoms with E-state index in [1.807, 2.05) is 41.1 Å². The monoisotopic (exact) mass is 214 g/mol. The Morgan fingerprint density at radius 3 is 2.94 bits per heavy atom. The van der Waals surface area contributed by atoms with Crippen molar-refractivity contribution in [2.45, 2.75) is 25.3 Å². The summed E-state index contributed by atoms with van der Waals surface area (Å²) in [7, 11) is 0. The van der Waals surface area contributed by atoms with E-state index in [1.54, 1.807) is 0 Å². The quantitative estimate of drug-likeness (QED) is 0.817. The summed E-state index contributed by atoms with van der Waals surface area (Å²) in [6, 6.07) is 8.26. The van der Waals surface area contributed by atoms with Crippen LogP contribution in [0.25, 0.3) is 5.52 Å². The average Bonchev–Trinajstić information content (AvgIpc) is 2.66. The van der Waals surface area contributed by atoms with Gasteiger partial charge in [-0.3, -0.25) is 4.79 Å². The third-order valence-electron chi connectivity index (χ3n) is 3.21. The van der Waals surface area contributed by atoms with Crippen LogP contribution in [0.2, 0.25) is 0 Å². The molecular formula is C13H14N2O. The van der Waals surface area contributed by atoms with Gasteiger partial charge in [-0.15, -0.1) is 0 Å². The number of carbonyl (C=O) groups excluding carboxylic acids is 1. The van der Waals surface area contributed by atoms with E-state index < -0.39 is 0 Å². The largest absolute Gasteiger partial charge is 0.349 e. The first kappa shape index (κ1) is 9.46. The van der Waals surface area contributed by atoms with Gasteiger partial charge in [0.1, 0.15) is 0 Å². The van der Waals surface area contributed by atoms with Crippen molar-refractivity contribution in [2.75, 3.05) is 0 Å². The lowest BCUT2D eigenvalue weighted by atomic mass is 9.93. The zero-order valence-electron chi connectivity index (χ0n) is 9.02. The molecule has 1 saturated carbocycles. The second-order valence-electron chi connectivity index (χ2n) is 4.36. The van der Waals surface area contributed by atoms with E-state index in [1.165, 1.54) is 6.42 Å². The smallest absolute Gasteiger partial charge is 0.253 e. The highest BCUT2D eigenvalue weighted by molar-refractivity contribution is 5.95. The Bertz CT molecular complexity index is 492. The summed E-state index contributed by atoms with van der Waals surface area (Å²) in [5.41, 5.74) is 1.80. The third-order valence-corrected chi connectivity index (χ3v) is 3.21. The first-order valence-corrected chi connectivity index (χ1v) is 5.70. The topological polar surface area (TPSA) is 33.5 Å². The Morgan fingerprint density at radius 2 is 2.25 bits per heavy atom. The Labute approximate surface area is 94.1 Å². The fourth-order valence-corrected chi connectivity index (χ4v) is 2.00. The number of rotatable bonds is 2. The van der Waals surface area contributed by atoms with Crippen molar-refractivity contribution in [3.8, 4) is 0 Å². The number of nitrogens with zero attached hydrogens (tertiary/aromatic N) is 1. The summed E-state index contributed by atoms with van der Waals surface area (Å²) in [6.07, 6.45) is 7.32. The molecule has 0 unspecified atom stereocenters. The van der Waals surface area contributed by atoms with Crippen molar-refractivity contribution in [3.63, 3.8) is 0 Å². The Hall–Kier alpha value is -1.77. The second kappa shape index (κ2) is 3.67. The molecule has 16 heavy (non-hydrogen) atoms. The van der Waals surface area contributed by atoms with Gasteiger partial charge in [-0.2, -0.15) is 0 Å². The number of amides is 1. The summed E-state index contributed by atoms with van der Waals surface area (Å²) in [4.78, 5) is 11.9. The van der Waals surface area contributed by atoms with Crippen LogP contribution in [-0.4, -0.2) is 16.3 Å². The van der Waals surface area contributed by atoms with Crippen LogP contribution in [-0.2, 0) is 0 Å². The molecule has 2 heterocycles. The predicted octanol–water partition coefficient (Wildman–Crippen LogP) is 2.22. The first-order valence-electron chi connectivity index (χ1n) is 5.70. The SMILES string of the molecule is O=C(NC1CCC1)c1cc2ccccn2c1. The summed E-state index contributed by atoms with van der Waals surface area (Å²) >= 11 is 0. The molecule has 3 nitrogen and oxygen atoms in total. The molecule has 0 bridgehead atoms. The molecule has 1 N–H and O–H groups in total. The fourth-order valence-electron chi connectivity index (χ4n) is 2.00. The molecule has 3 rings (SSSR count). The minimum absolute atomic E-state index is 0.0494. The molecule has 0 radical (unpaired) electrons. The predicted molar refractivity (Wildman–Crippen MR) is 62.5 cm³/mol. The maximum atomic E-state index is 11.9. The normalized spacial score (nSPS) is 16.0. The zero-order chi connectivity index (χ0) is 11.0. The Morgan fingerprint density at radius 1 is 1.38 bits per heavy atom. The van der Waals surface area contributed by atoms with Gasteiger partial charge in [0.2, 0.25) is 0 Å². The molecule has 1 aliphatic rings. The van der Waals surface area contributed by atoms with Crippen molar-refractivity contribution in [1.82, 2.24) is 9.72 Å². The van der Waals surface area contributed by atoms with Crippen molar-refractivity contribution in [1.29, 1.82) is 0 Å². The Balaban J connectivity index is 1.84. The lowest BCUT2D eigenvalue weighted by Crippen LogP contribution is -2.39. The molecule has 0 aromatic carbocycles. The summed E-state index contributed by atoms with van der Waals surface area (Å²) in [5, 5.41) is 3.04. The van der Waals surface area contributed by atoms with Gasteiger partial charge in [0, 0.05) is 24.0 Å². The highest BCUT2D eigenvalue weighted by atomic mass is 16.1. The van der Waals surface area contributed by atoms with Crippen LogP contribution in [0.5, 0.6) is 0 Å². The standard InChI is InChI=1S/C13H14N2O/c16-13(14-11-4-3-5-11)10-8-12-6-1-2-7-15(12)9-10/h1-2,6-9,11H,3-5H2,(H,14,16). The molecule has 0 spiro atoms. The van der Waals surface area contributed by atoms with Crippen LogP contribution >= 0.6 is 0 Å². The minimum Gasteiger partial charge on any atom is -0.349 e. The lowest BCUT2D eigenvalue weighted by Gasteiger charge is -2.26. The van der Waals surface area contributed by atoms with Gasteiger partial charge in [0.15, 0.2) is 0 Å². The number of carbonyl (C=O) groups is 1. The van der Waals surface area contributed by atoms with Gasteiger partial charge >= 0.3 is 0 Å². The van der Waals surface area contributed by atoms with Gasteiger partial charge in [-0.1, -0.05) is 6.07 Å². The van der Waals surface area contributed by atoms with Gasteiger partial charge < -0.3 is 9.72 Å². The summed E-state index contributed by atoms with van der Waals surface area (Å²) < 4.78 is 1.97. The van der Waals surface area contributed by atoms with Crippen LogP contribution in [0.3, 0.4) is 0 Å². The van der Waals surface area contributed by atoms with Crippen molar-refractivity contribution >= 4 is 11.4 Å². The third kappa shape index (κ3) is 1.58. The van der Waals surface area contributed by atoms with Crippen molar-refractivity contribution in [2.24, 2.45) is 0 Å². The van der Waals surface area contributed by atoms with E-state index in [0.29, 0.717) is 6.04 Å². The van der Waals surface area contributed by atoms with Crippen LogP contribution in [0, 0.1) is 0 Å². The molecule has 0 saturated heterocycles. The Kier molecular flexibility index (Phi) is 2.17. The van der Waals surface area contributed by atoms with Gasteiger partial charge in [0.25, 0.3) is 5.91 Å². The van der Waals surface area contributed by atoms with Crippen molar-refractivity contribution in [3.05, 3.63) is 42.2 Å². The molecule has 0 atom stereocenters. The number of fused-ring (bicyclic) bond motifs is 1.